The number of carbonyl (C=O) groups excluding carboxylic acids is 1. The Labute approximate surface area is 162 Å². The summed E-state index contributed by atoms with van der Waals surface area (Å²) < 4.78 is 0. The predicted molar refractivity (Wildman–Crippen MR) is 104 cm³/mol. The lowest BCUT2D eigenvalue weighted by molar-refractivity contribution is -0.419. The van der Waals surface area contributed by atoms with Gasteiger partial charge in [-0.05, 0) is 29.9 Å². The molecule has 0 bridgehead atoms. The second-order valence-electron chi connectivity index (χ2n) is 7.14. The maximum atomic E-state index is 12.1. The number of fused-ring (bicyclic) bond motifs is 1. The molecule has 1 N–H and O–H groups in total. The van der Waals surface area contributed by atoms with Crippen LogP contribution in [0.5, 0.6) is 0 Å². The fourth-order valence-electron chi connectivity index (χ4n) is 3.54. The molecular weight excluding hydrogens is 360 g/mol. The number of benzene rings is 1. The third kappa shape index (κ3) is 3.51. The third-order valence-electron chi connectivity index (χ3n) is 4.97. The minimum Gasteiger partial charge on any atom is -0.481 e. The molecule has 28 heavy (non-hydrogen) atoms. The van der Waals surface area contributed by atoms with Crippen LogP contribution in [0.3, 0.4) is 0 Å². The highest BCUT2D eigenvalue weighted by atomic mass is 16.6. The summed E-state index contributed by atoms with van der Waals surface area (Å²) in [6, 6.07) is 7.76. The van der Waals surface area contributed by atoms with Crippen molar-refractivity contribution in [3.63, 3.8) is 0 Å². The van der Waals surface area contributed by atoms with E-state index in [2.05, 4.69) is 0 Å². The number of hydrogen-bond donors (Lipinski definition) is 1. The summed E-state index contributed by atoms with van der Waals surface area (Å²) in [6.45, 7) is 4.34. The smallest absolute Gasteiger partial charge is 0.305 e. The zero-order valence-corrected chi connectivity index (χ0v) is 15.6. The highest BCUT2D eigenvalue weighted by Gasteiger charge is 2.39. The van der Waals surface area contributed by atoms with Gasteiger partial charge in [0.2, 0.25) is 0 Å². The van der Waals surface area contributed by atoms with Gasteiger partial charge in [-0.15, -0.1) is 0 Å². The van der Waals surface area contributed by atoms with E-state index in [1.165, 1.54) is 18.2 Å². The standard InChI is InChI=1S/C21H20N2O5/c1-21(2)16-5-3-4-6-17(16)22(12-11-20(25)26)19(21)10-7-14-13-15(23(27)28)8-9-18(14)24/h3-10,13H,11-12H2,1-2H3,(H,25,26). The van der Waals surface area contributed by atoms with E-state index in [4.69, 9.17) is 5.11 Å². The molecule has 0 unspecified atom stereocenters. The van der Waals surface area contributed by atoms with Crippen LogP contribution in [-0.4, -0.2) is 28.3 Å². The molecule has 3 rings (SSSR count). The highest BCUT2D eigenvalue weighted by Crippen LogP contribution is 2.47. The minimum atomic E-state index is -0.897. The van der Waals surface area contributed by atoms with Crippen molar-refractivity contribution < 1.29 is 19.6 Å². The minimum absolute atomic E-state index is 0.0363. The summed E-state index contributed by atoms with van der Waals surface area (Å²) in [5, 5.41) is 20.1. The largest absolute Gasteiger partial charge is 0.481 e. The van der Waals surface area contributed by atoms with Crippen molar-refractivity contribution in [2.45, 2.75) is 25.7 Å². The summed E-state index contributed by atoms with van der Waals surface area (Å²) >= 11 is 0. The number of carbonyl (C=O) groups is 2. The van der Waals surface area contributed by atoms with Crippen LogP contribution in [0.2, 0.25) is 0 Å². The monoisotopic (exact) mass is 380 g/mol. The van der Waals surface area contributed by atoms with Crippen molar-refractivity contribution in [3.8, 4) is 0 Å². The molecule has 0 atom stereocenters. The first-order chi connectivity index (χ1) is 13.2. The third-order valence-corrected chi connectivity index (χ3v) is 4.97. The van der Waals surface area contributed by atoms with Crippen LogP contribution < -0.4 is 4.90 Å². The summed E-state index contributed by atoms with van der Waals surface area (Å²) in [7, 11) is 0. The molecule has 0 saturated heterocycles. The fraction of sp³-hybridized carbons (Fsp3) is 0.238. The number of anilines is 1. The van der Waals surface area contributed by atoms with Crippen LogP contribution in [0.1, 0.15) is 25.8 Å². The highest BCUT2D eigenvalue weighted by molar-refractivity contribution is 6.07. The molecule has 0 amide bonds. The molecule has 1 aliphatic carbocycles. The molecule has 7 heteroatoms. The first-order valence-electron chi connectivity index (χ1n) is 8.81. The lowest BCUT2D eigenvalue weighted by Gasteiger charge is -2.26. The summed E-state index contributed by atoms with van der Waals surface area (Å²) in [5.74, 6) is -1.21. The molecular formula is C21H20N2O5. The first-order valence-corrected chi connectivity index (χ1v) is 8.81. The van der Waals surface area contributed by atoms with E-state index in [0.29, 0.717) is 0 Å². The Bertz CT molecular complexity index is 982. The normalized spacial score (nSPS) is 20.4. The fourth-order valence-corrected chi connectivity index (χ4v) is 3.54. The quantitative estimate of drug-likeness (QED) is 0.477. The summed E-state index contributed by atoms with van der Waals surface area (Å²) in [6.07, 6.45) is 6.89. The Balaban J connectivity index is 2.05. The average Bonchev–Trinajstić information content (AvgIpc) is 2.86. The Kier molecular flexibility index (Phi) is 5.00. The van der Waals surface area contributed by atoms with E-state index in [1.54, 1.807) is 12.2 Å². The number of nitro groups is 1. The van der Waals surface area contributed by atoms with Crippen LogP contribution in [-0.2, 0) is 15.0 Å². The van der Waals surface area contributed by atoms with Gasteiger partial charge in [-0.1, -0.05) is 32.0 Å². The number of para-hydroxylation sites is 1. The molecule has 0 aromatic heterocycles. The Morgan fingerprint density at radius 3 is 2.64 bits per heavy atom. The van der Waals surface area contributed by atoms with Gasteiger partial charge in [0.05, 0.1) is 11.3 Å². The number of hydrogen-bond acceptors (Lipinski definition) is 5. The van der Waals surface area contributed by atoms with Gasteiger partial charge in [-0.3, -0.25) is 19.7 Å². The Hall–Kier alpha value is -3.48. The summed E-state index contributed by atoms with van der Waals surface area (Å²) in [5.41, 5.74) is 2.47. The van der Waals surface area contributed by atoms with E-state index in [0.717, 1.165) is 16.9 Å². The number of ketones is 1. The van der Waals surface area contributed by atoms with Crippen molar-refractivity contribution in [1.29, 1.82) is 0 Å². The first kappa shape index (κ1) is 19.3. The number of aliphatic carboxylic acids is 1. The maximum Gasteiger partial charge on any atom is 0.305 e. The topological polar surface area (TPSA) is 101 Å². The Morgan fingerprint density at radius 1 is 1.25 bits per heavy atom. The van der Waals surface area contributed by atoms with Gasteiger partial charge in [-0.25, -0.2) is 0 Å². The van der Waals surface area contributed by atoms with Crippen LogP contribution in [0.4, 0.5) is 5.69 Å². The molecule has 1 aromatic rings. The number of carboxylic acids is 1. The number of nitrogens with zero attached hydrogens (tertiary/aromatic N) is 2. The van der Waals surface area contributed by atoms with Gasteiger partial charge in [0.1, 0.15) is 0 Å². The Morgan fingerprint density at radius 2 is 1.96 bits per heavy atom. The second kappa shape index (κ2) is 7.26. The van der Waals surface area contributed by atoms with Gasteiger partial charge in [0.15, 0.2) is 5.78 Å². The molecule has 144 valence electrons. The molecule has 0 radical (unpaired) electrons. The van der Waals surface area contributed by atoms with Gasteiger partial charge >= 0.3 is 5.97 Å². The van der Waals surface area contributed by atoms with Gasteiger partial charge < -0.3 is 10.0 Å². The van der Waals surface area contributed by atoms with Gasteiger partial charge in [-0.2, -0.15) is 0 Å². The van der Waals surface area contributed by atoms with E-state index in [9.17, 15) is 19.7 Å². The van der Waals surface area contributed by atoms with E-state index in [-0.39, 0.29) is 30.0 Å². The summed E-state index contributed by atoms with van der Waals surface area (Å²) in [4.78, 5) is 35.6. The van der Waals surface area contributed by atoms with Crippen LogP contribution >= 0.6 is 0 Å². The SMILES string of the molecule is CC1(C)C(=CC=C2C=C([N+](=O)[O-])C=CC2=O)N(CCC(=O)O)c2ccccc21. The zero-order chi connectivity index (χ0) is 20.5. The van der Waals surface area contributed by atoms with Gasteiger partial charge in [0.25, 0.3) is 5.70 Å². The molecule has 7 nitrogen and oxygen atoms in total. The molecule has 0 fully saturated rings. The molecule has 1 heterocycles. The number of allylic oxidation sites excluding steroid dienone is 7. The lowest BCUT2D eigenvalue weighted by atomic mass is 9.83. The van der Waals surface area contributed by atoms with Crippen LogP contribution in [0.25, 0.3) is 0 Å². The van der Waals surface area contributed by atoms with Crippen molar-refractivity contribution in [1.82, 2.24) is 0 Å². The molecule has 2 aliphatic rings. The second-order valence-corrected chi connectivity index (χ2v) is 7.14. The number of carboxylic acid groups (broad SMARTS) is 1. The van der Waals surface area contributed by atoms with E-state index >= 15 is 0 Å². The van der Waals surface area contributed by atoms with Crippen LogP contribution in [0, 0.1) is 10.1 Å². The molecule has 0 spiro atoms. The van der Waals surface area contributed by atoms with Crippen molar-refractivity contribution in [2.75, 3.05) is 11.4 Å². The number of rotatable bonds is 5. The molecule has 1 aromatic carbocycles. The van der Waals surface area contributed by atoms with Crippen molar-refractivity contribution in [3.05, 3.63) is 87.3 Å². The average molecular weight is 380 g/mol. The predicted octanol–water partition coefficient (Wildman–Crippen LogP) is 3.37. The van der Waals surface area contributed by atoms with Crippen LogP contribution in [0.15, 0.2) is 71.6 Å². The van der Waals surface area contributed by atoms with E-state index in [1.807, 2.05) is 43.0 Å². The maximum absolute atomic E-state index is 12.1. The van der Waals surface area contributed by atoms with E-state index < -0.39 is 16.3 Å². The molecule has 1 aliphatic heterocycles. The lowest BCUT2D eigenvalue weighted by Crippen LogP contribution is -2.28. The van der Waals surface area contributed by atoms with Gasteiger partial charge in [0, 0.05) is 41.1 Å². The zero-order valence-electron chi connectivity index (χ0n) is 15.6. The van der Waals surface area contributed by atoms with Crippen molar-refractivity contribution >= 4 is 17.4 Å². The van der Waals surface area contributed by atoms with Crippen molar-refractivity contribution in [2.24, 2.45) is 0 Å². The molecule has 0 saturated carbocycles.